The Labute approximate surface area is 169 Å². The van der Waals surface area contributed by atoms with Gasteiger partial charge in [0.15, 0.2) is 18.1 Å². The van der Waals surface area contributed by atoms with Crippen LogP contribution in [0.1, 0.15) is 24.3 Å². The second-order valence-corrected chi connectivity index (χ2v) is 6.35. The highest BCUT2D eigenvalue weighted by Crippen LogP contribution is 2.22. The summed E-state index contributed by atoms with van der Waals surface area (Å²) in [4.78, 5) is 34.9. The average molecular weight is 427 g/mol. The standard InChI is InChI=1S/C17H20F3N7O3/c1-8(14(21)28)9(2)25-11-6-24-13(15(22)29)16(27-11)26-10-3-4-12(23-5-10)30-7-17(18,19)20/h3-6,8-9H,7H2,1-2H3,(H2,21,28)(H2,22,29)(H2,25,26,27). The number of carbonyl (C=O) groups is 2. The molecule has 2 unspecified atom stereocenters. The number of nitrogens with one attached hydrogen (secondary N) is 2. The molecule has 30 heavy (non-hydrogen) atoms. The molecule has 0 aliphatic carbocycles. The van der Waals surface area contributed by atoms with Gasteiger partial charge in [-0.3, -0.25) is 9.59 Å². The van der Waals surface area contributed by atoms with Crippen molar-refractivity contribution in [3.63, 3.8) is 0 Å². The lowest BCUT2D eigenvalue weighted by Crippen LogP contribution is -2.34. The van der Waals surface area contributed by atoms with Crippen LogP contribution in [0.25, 0.3) is 0 Å². The summed E-state index contributed by atoms with van der Waals surface area (Å²) in [5.74, 6) is -1.88. The maximum Gasteiger partial charge on any atom is 0.422 e. The number of rotatable bonds is 9. The van der Waals surface area contributed by atoms with Crippen LogP contribution in [0.3, 0.4) is 0 Å². The largest absolute Gasteiger partial charge is 0.468 e. The topological polar surface area (TPSA) is 158 Å². The van der Waals surface area contributed by atoms with Crippen molar-refractivity contribution in [3.05, 3.63) is 30.2 Å². The summed E-state index contributed by atoms with van der Waals surface area (Å²) in [6.45, 7) is 1.88. The summed E-state index contributed by atoms with van der Waals surface area (Å²) in [6.07, 6.45) is -2.03. The fraction of sp³-hybridized carbons (Fsp3) is 0.353. The van der Waals surface area contributed by atoms with E-state index in [0.29, 0.717) is 5.69 Å². The van der Waals surface area contributed by atoms with Gasteiger partial charge in [0, 0.05) is 12.1 Å². The molecule has 162 valence electrons. The Bertz CT molecular complexity index is 906. The molecule has 0 bridgehead atoms. The van der Waals surface area contributed by atoms with E-state index in [0.717, 1.165) is 0 Å². The number of anilines is 3. The van der Waals surface area contributed by atoms with Gasteiger partial charge in [0.1, 0.15) is 5.82 Å². The zero-order chi connectivity index (χ0) is 22.5. The van der Waals surface area contributed by atoms with Crippen molar-refractivity contribution >= 4 is 29.1 Å². The molecule has 0 saturated heterocycles. The molecule has 13 heteroatoms. The highest BCUT2D eigenvalue weighted by Gasteiger charge is 2.28. The van der Waals surface area contributed by atoms with Crippen LogP contribution in [0.2, 0.25) is 0 Å². The zero-order valence-electron chi connectivity index (χ0n) is 16.0. The number of pyridine rings is 1. The maximum atomic E-state index is 12.2. The summed E-state index contributed by atoms with van der Waals surface area (Å²) in [5.41, 5.74) is 10.7. The summed E-state index contributed by atoms with van der Waals surface area (Å²) in [6, 6.07) is 2.21. The van der Waals surface area contributed by atoms with Gasteiger partial charge in [-0.15, -0.1) is 0 Å². The molecule has 2 atom stereocenters. The van der Waals surface area contributed by atoms with E-state index in [1.54, 1.807) is 13.8 Å². The number of carbonyl (C=O) groups excluding carboxylic acids is 2. The van der Waals surface area contributed by atoms with Crippen LogP contribution >= 0.6 is 0 Å². The monoisotopic (exact) mass is 427 g/mol. The number of hydrogen-bond acceptors (Lipinski definition) is 8. The molecule has 0 saturated carbocycles. The van der Waals surface area contributed by atoms with Crippen LogP contribution in [0.15, 0.2) is 24.5 Å². The number of ether oxygens (including phenoxy) is 1. The smallest absolute Gasteiger partial charge is 0.422 e. The first kappa shape index (κ1) is 22.6. The first-order chi connectivity index (χ1) is 14.0. The van der Waals surface area contributed by atoms with Crippen molar-refractivity contribution in [2.24, 2.45) is 17.4 Å². The minimum absolute atomic E-state index is 0.0165. The lowest BCUT2D eigenvalue weighted by molar-refractivity contribution is -0.154. The van der Waals surface area contributed by atoms with E-state index in [1.807, 2.05) is 0 Å². The fourth-order valence-corrected chi connectivity index (χ4v) is 2.16. The van der Waals surface area contributed by atoms with Gasteiger partial charge in [-0.25, -0.2) is 15.0 Å². The molecule has 0 fully saturated rings. The third-order valence-electron chi connectivity index (χ3n) is 3.96. The number of hydrogen-bond donors (Lipinski definition) is 4. The lowest BCUT2D eigenvalue weighted by Gasteiger charge is -2.19. The van der Waals surface area contributed by atoms with Crippen LogP contribution in [0.5, 0.6) is 5.88 Å². The fourth-order valence-electron chi connectivity index (χ4n) is 2.16. The van der Waals surface area contributed by atoms with E-state index in [9.17, 15) is 22.8 Å². The van der Waals surface area contributed by atoms with E-state index in [-0.39, 0.29) is 29.3 Å². The number of alkyl halides is 3. The minimum atomic E-state index is -4.48. The molecule has 2 aromatic heterocycles. The molecule has 0 radical (unpaired) electrons. The first-order valence-electron chi connectivity index (χ1n) is 8.61. The molecule has 2 aromatic rings. The Kier molecular flexibility index (Phi) is 6.97. The maximum absolute atomic E-state index is 12.2. The normalized spacial score (nSPS) is 13.2. The third-order valence-corrected chi connectivity index (χ3v) is 3.96. The second kappa shape index (κ2) is 9.24. The SMILES string of the molecule is CC(Nc1cnc(C(N)=O)c(Nc2ccc(OCC(F)(F)F)nc2)n1)C(C)C(N)=O. The van der Waals surface area contributed by atoms with Gasteiger partial charge in [0.25, 0.3) is 5.91 Å². The van der Waals surface area contributed by atoms with Crippen LogP contribution in [-0.4, -0.2) is 45.6 Å². The molecular weight excluding hydrogens is 407 g/mol. The highest BCUT2D eigenvalue weighted by molar-refractivity contribution is 5.96. The summed E-state index contributed by atoms with van der Waals surface area (Å²) >= 11 is 0. The van der Waals surface area contributed by atoms with E-state index in [4.69, 9.17) is 11.5 Å². The van der Waals surface area contributed by atoms with Crippen LogP contribution < -0.4 is 26.8 Å². The number of halogens is 3. The van der Waals surface area contributed by atoms with Crippen LogP contribution in [0, 0.1) is 5.92 Å². The molecule has 2 rings (SSSR count). The second-order valence-electron chi connectivity index (χ2n) is 6.35. The Balaban J connectivity index is 2.18. The quantitative estimate of drug-likeness (QED) is 0.469. The van der Waals surface area contributed by atoms with Crippen LogP contribution in [0.4, 0.5) is 30.5 Å². The Morgan fingerprint density at radius 3 is 2.40 bits per heavy atom. The number of aromatic nitrogens is 3. The van der Waals surface area contributed by atoms with Crippen molar-refractivity contribution in [1.82, 2.24) is 15.0 Å². The first-order valence-corrected chi connectivity index (χ1v) is 8.61. The number of nitrogens with zero attached hydrogens (tertiary/aromatic N) is 3. The van der Waals surface area contributed by atoms with E-state index in [2.05, 4.69) is 30.3 Å². The molecule has 10 nitrogen and oxygen atoms in total. The van der Waals surface area contributed by atoms with E-state index in [1.165, 1.54) is 24.5 Å². The molecule has 0 aliphatic heterocycles. The molecule has 0 aromatic carbocycles. The van der Waals surface area contributed by atoms with Gasteiger partial charge in [-0.2, -0.15) is 13.2 Å². The van der Waals surface area contributed by atoms with Crippen molar-refractivity contribution in [3.8, 4) is 5.88 Å². The van der Waals surface area contributed by atoms with Gasteiger partial charge >= 0.3 is 6.18 Å². The molecular formula is C17H20F3N7O3. The van der Waals surface area contributed by atoms with Gasteiger partial charge < -0.3 is 26.8 Å². The van der Waals surface area contributed by atoms with Crippen molar-refractivity contribution in [2.75, 3.05) is 17.2 Å². The lowest BCUT2D eigenvalue weighted by atomic mass is 10.0. The molecule has 2 amide bonds. The van der Waals surface area contributed by atoms with Crippen molar-refractivity contribution in [2.45, 2.75) is 26.1 Å². The molecule has 2 heterocycles. The Morgan fingerprint density at radius 2 is 1.87 bits per heavy atom. The zero-order valence-corrected chi connectivity index (χ0v) is 16.0. The molecule has 0 aliphatic rings. The highest BCUT2D eigenvalue weighted by atomic mass is 19.4. The Hall–Kier alpha value is -3.64. The Morgan fingerprint density at radius 1 is 1.17 bits per heavy atom. The van der Waals surface area contributed by atoms with Crippen LogP contribution in [-0.2, 0) is 4.79 Å². The van der Waals surface area contributed by atoms with Gasteiger partial charge in [0.05, 0.1) is 24.0 Å². The predicted molar refractivity (Wildman–Crippen MR) is 101 cm³/mol. The van der Waals surface area contributed by atoms with Gasteiger partial charge in [-0.1, -0.05) is 6.92 Å². The number of nitrogens with two attached hydrogens (primary N) is 2. The predicted octanol–water partition coefficient (Wildman–Crippen LogP) is 1.58. The van der Waals surface area contributed by atoms with Gasteiger partial charge in [0.2, 0.25) is 11.8 Å². The third kappa shape index (κ3) is 6.46. The van der Waals surface area contributed by atoms with E-state index < -0.39 is 30.5 Å². The number of primary amides is 2. The van der Waals surface area contributed by atoms with E-state index >= 15 is 0 Å². The van der Waals surface area contributed by atoms with Crippen molar-refractivity contribution in [1.29, 1.82) is 0 Å². The minimum Gasteiger partial charge on any atom is -0.468 e. The van der Waals surface area contributed by atoms with Crippen molar-refractivity contribution < 1.29 is 27.5 Å². The van der Waals surface area contributed by atoms with Gasteiger partial charge in [-0.05, 0) is 13.0 Å². The summed E-state index contributed by atoms with van der Waals surface area (Å²) < 4.78 is 41.1. The summed E-state index contributed by atoms with van der Waals surface area (Å²) in [5, 5.41) is 5.72. The molecule has 6 N–H and O–H groups in total. The summed E-state index contributed by atoms with van der Waals surface area (Å²) in [7, 11) is 0. The average Bonchev–Trinajstić information content (AvgIpc) is 2.66. The number of amides is 2. The molecule has 0 spiro atoms.